The van der Waals surface area contributed by atoms with Crippen LogP contribution in [0, 0.1) is 0 Å². The van der Waals surface area contributed by atoms with Gasteiger partial charge in [0.15, 0.2) is 0 Å². The predicted octanol–water partition coefficient (Wildman–Crippen LogP) is 1.41. The number of aromatic amines is 1. The van der Waals surface area contributed by atoms with Gasteiger partial charge in [0.05, 0.1) is 0 Å². The lowest BCUT2D eigenvalue weighted by molar-refractivity contribution is 0.0981. The highest BCUT2D eigenvalue weighted by Gasteiger charge is 2.18. The van der Waals surface area contributed by atoms with Crippen molar-refractivity contribution in [1.29, 1.82) is 0 Å². The predicted molar refractivity (Wildman–Crippen MR) is 77.7 cm³/mol. The number of nitrogens with two attached hydrogens (primary N) is 1. The lowest BCUT2D eigenvalue weighted by Crippen LogP contribution is -2.33. The Labute approximate surface area is 116 Å². The van der Waals surface area contributed by atoms with Crippen LogP contribution in [0.25, 0.3) is 0 Å². The molecule has 3 N–H and O–H groups in total. The molecule has 0 radical (unpaired) electrons. The molecule has 1 aromatic heterocycles. The van der Waals surface area contributed by atoms with Crippen LogP contribution < -0.4 is 16.2 Å². The van der Waals surface area contributed by atoms with Gasteiger partial charge in [-0.3, -0.25) is 9.59 Å². The largest absolute Gasteiger partial charge is 0.399 e. The number of H-pyrrole nitrogens is 1. The van der Waals surface area contributed by atoms with Crippen molar-refractivity contribution < 1.29 is 4.79 Å². The molecule has 104 valence electrons. The molecular formula is C14H16N4O2. The second-order valence-corrected chi connectivity index (χ2v) is 4.35. The molecule has 1 heterocycles. The van der Waals surface area contributed by atoms with Crippen molar-refractivity contribution in [2.75, 3.05) is 17.2 Å². The number of amides is 1. The minimum Gasteiger partial charge on any atom is -0.399 e. The topological polar surface area (TPSA) is 92.1 Å². The van der Waals surface area contributed by atoms with Gasteiger partial charge in [0.1, 0.15) is 5.69 Å². The van der Waals surface area contributed by atoms with Crippen molar-refractivity contribution in [3.05, 3.63) is 52.4 Å². The van der Waals surface area contributed by atoms with E-state index in [-0.39, 0.29) is 17.2 Å². The number of nitrogen functional groups attached to an aromatic ring is 1. The Bertz CT molecular complexity index is 628. The minimum absolute atomic E-state index is 0.204. The molecule has 0 aliphatic rings. The first-order chi connectivity index (χ1) is 9.61. The van der Waals surface area contributed by atoms with Crippen LogP contribution in [0.2, 0.25) is 0 Å². The quantitative estimate of drug-likeness (QED) is 0.823. The van der Waals surface area contributed by atoms with E-state index < -0.39 is 0 Å². The summed E-state index contributed by atoms with van der Waals surface area (Å²) in [7, 11) is 0. The first-order valence-corrected chi connectivity index (χ1v) is 6.35. The Morgan fingerprint density at radius 3 is 2.50 bits per heavy atom. The molecule has 0 saturated heterocycles. The van der Waals surface area contributed by atoms with E-state index >= 15 is 0 Å². The summed E-state index contributed by atoms with van der Waals surface area (Å²) in [6.45, 7) is 2.54. The zero-order chi connectivity index (χ0) is 14.5. The molecule has 0 bridgehead atoms. The summed E-state index contributed by atoms with van der Waals surface area (Å²) in [5, 5.41) is 6.04. The van der Waals surface area contributed by atoms with Crippen molar-refractivity contribution in [3.8, 4) is 0 Å². The maximum absolute atomic E-state index is 12.4. The van der Waals surface area contributed by atoms with Crippen LogP contribution in [0.4, 0.5) is 11.4 Å². The summed E-state index contributed by atoms with van der Waals surface area (Å²) in [5.74, 6) is -0.257. The summed E-state index contributed by atoms with van der Waals surface area (Å²) >= 11 is 0. The van der Waals surface area contributed by atoms with Crippen molar-refractivity contribution in [2.24, 2.45) is 0 Å². The van der Waals surface area contributed by atoms with Gasteiger partial charge in [0.25, 0.3) is 11.5 Å². The lowest BCUT2D eigenvalue weighted by atomic mass is 10.2. The zero-order valence-corrected chi connectivity index (χ0v) is 11.2. The monoisotopic (exact) mass is 272 g/mol. The number of benzene rings is 1. The second-order valence-electron chi connectivity index (χ2n) is 4.35. The van der Waals surface area contributed by atoms with Crippen molar-refractivity contribution in [2.45, 2.75) is 13.3 Å². The van der Waals surface area contributed by atoms with E-state index in [2.05, 4.69) is 10.2 Å². The Hall–Kier alpha value is -2.63. The maximum Gasteiger partial charge on any atom is 0.278 e. The molecule has 2 aromatic rings. The average Bonchev–Trinajstić information content (AvgIpc) is 2.46. The van der Waals surface area contributed by atoms with E-state index in [1.807, 2.05) is 6.92 Å². The van der Waals surface area contributed by atoms with Gasteiger partial charge in [0, 0.05) is 24.0 Å². The summed E-state index contributed by atoms with van der Waals surface area (Å²) in [4.78, 5) is 25.0. The fourth-order valence-electron chi connectivity index (χ4n) is 1.83. The molecule has 1 aromatic carbocycles. The number of carbonyl (C=O) groups is 1. The Kier molecular flexibility index (Phi) is 4.14. The van der Waals surface area contributed by atoms with E-state index in [4.69, 9.17) is 5.73 Å². The highest BCUT2D eigenvalue weighted by atomic mass is 16.2. The molecule has 6 nitrogen and oxygen atoms in total. The highest BCUT2D eigenvalue weighted by Crippen LogP contribution is 2.18. The number of carbonyl (C=O) groups excluding carboxylic acids is 1. The third-order valence-electron chi connectivity index (χ3n) is 2.80. The molecule has 0 saturated carbocycles. The number of hydrogen-bond acceptors (Lipinski definition) is 4. The highest BCUT2D eigenvalue weighted by molar-refractivity contribution is 6.04. The number of hydrogen-bond donors (Lipinski definition) is 2. The molecule has 0 spiro atoms. The van der Waals surface area contributed by atoms with Crippen molar-refractivity contribution in [3.63, 3.8) is 0 Å². The molecule has 1 amide bonds. The number of nitrogens with zero attached hydrogens (tertiary/aromatic N) is 2. The molecule has 20 heavy (non-hydrogen) atoms. The molecule has 0 unspecified atom stereocenters. The SMILES string of the molecule is CCCN(C(=O)c1ccc(=O)[nH]n1)c1ccc(N)cc1. The molecule has 0 aliphatic carbocycles. The maximum atomic E-state index is 12.4. The summed E-state index contributed by atoms with van der Waals surface area (Å²) in [5.41, 5.74) is 6.90. The summed E-state index contributed by atoms with van der Waals surface area (Å²) in [6, 6.07) is 9.76. The van der Waals surface area contributed by atoms with Crippen LogP contribution in [0.3, 0.4) is 0 Å². The fourth-order valence-corrected chi connectivity index (χ4v) is 1.83. The molecular weight excluding hydrogens is 256 g/mol. The van der Waals surface area contributed by atoms with Crippen LogP contribution in [0.15, 0.2) is 41.2 Å². The average molecular weight is 272 g/mol. The number of nitrogens with one attached hydrogen (secondary N) is 1. The molecule has 0 fully saturated rings. The summed E-state index contributed by atoms with van der Waals surface area (Å²) < 4.78 is 0. The molecule has 2 rings (SSSR count). The van der Waals surface area contributed by atoms with E-state index in [1.54, 1.807) is 29.2 Å². The van der Waals surface area contributed by atoms with Crippen molar-refractivity contribution >= 4 is 17.3 Å². The Morgan fingerprint density at radius 1 is 1.25 bits per heavy atom. The van der Waals surface area contributed by atoms with E-state index in [0.717, 1.165) is 12.1 Å². The third kappa shape index (κ3) is 3.03. The molecule has 0 atom stereocenters. The molecule has 0 aliphatic heterocycles. The first-order valence-electron chi connectivity index (χ1n) is 6.35. The smallest absolute Gasteiger partial charge is 0.278 e. The van der Waals surface area contributed by atoms with E-state index in [9.17, 15) is 9.59 Å². The van der Waals surface area contributed by atoms with Gasteiger partial charge in [-0.05, 0) is 36.8 Å². The lowest BCUT2D eigenvalue weighted by Gasteiger charge is -2.21. The molecule has 6 heteroatoms. The van der Waals surface area contributed by atoms with Gasteiger partial charge in [-0.15, -0.1) is 0 Å². The number of anilines is 2. The van der Waals surface area contributed by atoms with Gasteiger partial charge >= 0.3 is 0 Å². The van der Waals surface area contributed by atoms with Gasteiger partial charge in [-0.2, -0.15) is 5.10 Å². The van der Waals surface area contributed by atoms with Crippen LogP contribution in [0.1, 0.15) is 23.8 Å². The third-order valence-corrected chi connectivity index (χ3v) is 2.80. The van der Waals surface area contributed by atoms with Crippen LogP contribution >= 0.6 is 0 Å². The minimum atomic E-state index is -0.337. The van der Waals surface area contributed by atoms with Crippen LogP contribution in [0.5, 0.6) is 0 Å². The van der Waals surface area contributed by atoms with Gasteiger partial charge in [-0.25, -0.2) is 5.10 Å². The number of rotatable bonds is 4. The van der Waals surface area contributed by atoms with E-state index in [0.29, 0.717) is 12.2 Å². The van der Waals surface area contributed by atoms with Crippen LogP contribution in [-0.2, 0) is 0 Å². The normalized spacial score (nSPS) is 10.2. The number of aromatic nitrogens is 2. The summed E-state index contributed by atoms with van der Waals surface area (Å²) in [6.07, 6.45) is 0.805. The standard InChI is InChI=1S/C14H16N4O2/c1-2-9-18(11-5-3-10(15)4-6-11)14(20)12-7-8-13(19)17-16-12/h3-8H,2,9,15H2,1H3,(H,17,19). The fraction of sp³-hybridized carbons (Fsp3) is 0.214. The van der Waals surface area contributed by atoms with Crippen LogP contribution in [-0.4, -0.2) is 22.6 Å². The zero-order valence-electron chi connectivity index (χ0n) is 11.2. The van der Waals surface area contributed by atoms with Gasteiger partial charge < -0.3 is 10.6 Å². The van der Waals surface area contributed by atoms with Gasteiger partial charge in [-0.1, -0.05) is 6.92 Å². The van der Waals surface area contributed by atoms with E-state index in [1.165, 1.54) is 12.1 Å². The first kappa shape index (κ1) is 13.8. The van der Waals surface area contributed by atoms with Gasteiger partial charge in [0.2, 0.25) is 0 Å². The Morgan fingerprint density at radius 2 is 1.95 bits per heavy atom. The van der Waals surface area contributed by atoms with Crippen molar-refractivity contribution in [1.82, 2.24) is 10.2 Å². The Balaban J connectivity index is 2.32. The second kappa shape index (κ2) is 6.01.